The van der Waals surface area contributed by atoms with Gasteiger partial charge in [0.25, 0.3) is 0 Å². The van der Waals surface area contributed by atoms with Crippen LogP contribution in [0.4, 0.5) is 5.69 Å². The number of benzene rings is 2. The number of imidazole rings is 1. The Hall–Kier alpha value is -4.86. The summed E-state index contributed by atoms with van der Waals surface area (Å²) in [4.78, 5) is 18.6. The van der Waals surface area contributed by atoms with E-state index >= 15 is 0 Å². The number of H-pyrrole nitrogens is 2. The number of hydrogen-bond acceptors (Lipinski definition) is 7. The standard InChI is InChI=1S/C30H23N7OS/c38-27(12-18-6-2-1-3-7-18)33-20-13-19(15-31-16-20)24-14-22-25(17-32-24)36-37-29(22)30-34-23-9-4-8-21(28(23)35-30)26-10-5-11-39-26/h1-11,13-17,27,33,38H,12H2,(H,34,35)(H,36,37). The van der Waals surface area contributed by atoms with Crippen molar-refractivity contribution in [2.45, 2.75) is 12.6 Å². The number of thiophene rings is 1. The molecule has 5 heterocycles. The van der Waals surface area contributed by atoms with Crippen molar-refractivity contribution in [3.63, 3.8) is 0 Å². The lowest BCUT2D eigenvalue weighted by atomic mass is 10.1. The first-order chi connectivity index (χ1) is 19.2. The number of aromatic nitrogens is 6. The summed E-state index contributed by atoms with van der Waals surface area (Å²) in [6.45, 7) is 0. The molecule has 5 aromatic heterocycles. The van der Waals surface area contributed by atoms with E-state index in [0.717, 1.165) is 50.0 Å². The maximum absolute atomic E-state index is 10.6. The monoisotopic (exact) mass is 529 g/mol. The fourth-order valence-electron chi connectivity index (χ4n) is 4.77. The van der Waals surface area contributed by atoms with E-state index in [0.29, 0.717) is 17.9 Å². The van der Waals surface area contributed by atoms with Gasteiger partial charge in [0.05, 0.1) is 40.3 Å². The summed E-state index contributed by atoms with van der Waals surface area (Å²) in [5, 5.41) is 24.3. The molecule has 0 radical (unpaired) electrons. The molecular weight excluding hydrogens is 506 g/mol. The zero-order valence-electron chi connectivity index (χ0n) is 20.7. The van der Waals surface area contributed by atoms with Crippen LogP contribution in [0.3, 0.4) is 0 Å². The van der Waals surface area contributed by atoms with Gasteiger partial charge < -0.3 is 15.4 Å². The van der Waals surface area contributed by atoms with Crippen molar-refractivity contribution in [3.05, 3.63) is 102 Å². The molecule has 0 fully saturated rings. The van der Waals surface area contributed by atoms with Crippen LogP contribution in [0.1, 0.15) is 5.56 Å². The van der Waals surface area contributed by atoms with Gasteiger partial charge in [-0.1, -0.05) is 48.5 Å². The quantitative estimate of drug-likeness (QED) is 0.181. The van der Waals surface area contributed by atoms with E-state index in [1.54, 1.807) is 29.9 Å². The van der Waals surface area contributed by atoms with Crippen molar-refractivity contribution < 1.29 is 5.11 Å². The third kappa shape index (κ3) is 4.54. The van der Waals surface area contributed by atoms with E-state index in [4.69, 9.17) is 4.98 Å². The fraction of sp³-hybridized carbons (Fsp3) is 0.0667. The fourth-order valence-corrected chi connectivity index (χ4v) is 5.52. The largest absolute Gasteiger partial charge is 0.373 e. The Morgan fingerprint density at radius 1 is 0.923 bits per heavy atom. The van der Waals surface area contributed by atoms with Crippen molar-refractivity contribution >= 4 is 39.0 Å². The van der Waals surface area contributed by atoms with Gasteiger partial charge in [0.1, 0.15) is 11.9 Å². The Morgan fingerprint density at radius 2 is 1.85 bits per heavy atom. The SMILES string of the molecule is OC(Cc1ccccc1)Nc1cncc(-c2cc3c(-c4nc5c(-c6cccs6)cccc5[nH]4)n[nH]c3cn2)c1. The normalized spacial score (nSPS) is 12.2. The summed E-state index contributed by atoms with van der Waals surface area (Å²) in [7, 11) is 0. The summed E-state index contributed by atoms with van der Waals surface area (Å²) in [6.07, 6.45) is 4.97. The first-order valence-corrected chi connectivity index (χ1v) is 13.4. The molecule has 7 aromatic rings. The average molecular weight is 530 g/mol. The molecule has 0 saturated heterocycles. The molecule has 4 N–H and O–H groups in total. The summed E-state index contributed by atoms with van der Waals surface area (Å²) in [6, 6.07) is 24.1. The third-order valence-corrected chi connectivity index (χ3v) is 7.51. The molecule has 0 amide bonds. The Bertz CT molecular complexity index is 1890. The molecule has 1 unspecified atom stereocenters. The lowest BCUT2D eigenvalue weighted by Gasteiger charge is -2.14. The minimum atomic E-state index is -0.743. The zero-order valence-corrected chi connectivity index (χ0v) is 21.5. The molecule has 2 aromatic carbocycles. The van der Waals surface area contributed by atoms with Crippen LogP contribution in [0.5, 0.6) is 0 Å². The van der Waals surface area contributed by atoms with E-state index in [2.05, 4.69) is 48.0 Å². The predicted molar refractivity (Wildman–Crippen MR) is 155 cm³/mol. The Kier molecular flexibility index (Phi) is 5.84. The summed E-state index contributed by atoms with van der Waals surface area (Å²) in [5.74, 6) is 0.690. The summed E-state index contributed by atoms with van der Waals surface area (Å²) in [5.41, 5.74) is 7.83. The molecule has 39 heavy (non-hydrogen) atoms. The number of aliphatic hydroxyl groups excluding tert-OH is 1. The number of aromatic amines is 2. The minimum absolute atomic E-state index is 0.485. The van der Waals surface area contributed by atoms with Crippen LogP contribution in [0.15, 0.2) is 96.8 Å². The van der Waals surface area contributed by atoms with Crippen molar-refractivity contribution in [1.82, 2.24) is 30.1 Å². The first kappa shape index (κ1) is 23.3. The second-order valence-corrected chi connectivity index (χ2v) is 10.2. The average Bonchev–Trinajstić information content (AvgIpc) is 3.73. The van der Waals surface area contributed by atoms with Gasteiger partial charge in [0.2, 0.25) is 0 Å². The van der Waals surface area contributed by atoms with Crippen molar-refractivity contribution in [3.8, 4) is 33.2 Å². The Labute approximate surface area is 227 Å². The highest BCUT2D eigenvalue weighted by molar-refractivity contribution is 7.13. The number of fused-ring (bicyclic) bond motifs is 2. The second-order valence-electron chi connectivity index (χ2n) is 9.26. The molecule has 0 aliphatic carbocycles. The number of para-hydroxylation sites is 1. The maximum atomic E-state index is 10.6. The number of nitrogens with one attached hydrogen (secondary N) is 3. The summed E-state index contributed by atoms with van der Waals surface area (Å²) >= 11 is 1.69. The highest BCUT2D eigenvalue weighted by atomic mass is 32.1. The highest BCUT2D eigenvalue weighted by Gasteiger charge is 2.17. The third-order valence-electron chi connectivity index (χ3n) is 6.61. The molecule has 0 bridgehead atoms. The van der Waals surface area contributed by atoms with E-state index in [-0.39, 0.29) is 0 Å². The van der Waals surface area contributed by atoms with Gasteiger partial charge in [-0.25, -0.2) is 4.98 Å². The molecule has 0 spiro atoms. The lowest BCUT2D eigenvalue weighted by molar-refractivity contribution is 0.204. The molecular formula is C30H23N7OS. The van der Waals surface area contributed by atoms with Crippen LogP contribution in [-0.2, 0) is 6.42 Å². The highest BCUT2D eigenvalue weighted by Crippen LogP contribution is 2.34. The van der Waals surface area contributed by atoms with Crippen LogP contribution in [0.25, 0.3) is 55.2 Å². The number of rotatable bonds is 7. The Balaban J connectivity index is 1.21. The van der Waals surface area contributed by atoms with Gasteiger partial charge in [0, 0.05) is 34.0 Å². The molecule has 8 nitrogen and oxygen atoms in total. The van der Waals surface area contributed by atoms with Crippen LogP contribution in [0.2, 0.25) is 0 Å². The molecule has 9 heteroatoms. The van der Waals surface area contributed by atoms with Gasteiger partial charge in [-0.3, -0.25) is 15.1 Å². The van der Waals surface area contributed by atoms with Crippen molar-refractivity contribution in [2.24, 2.45) is 0 Å². The van der Waals surface area contributed by atoms with Crippen molar-refractivity contribution in [1.29, 1.82) is 0 Å². The molecule has 1 atom stereocenters. The lowest BCUT2D eigenvalue weighted by Crippen LogP contribution is -2.21. The van der Waals surface area contributed by atoms with E-state index in [1.165, 1.54) is 4.88 Å². The number of anilines is 1. The van der Waals surface area contributed by atoms with E-state index in [1.807, 2.05) is 60.7 Å². The topological polar surface area (TPSA) is 115 Å². The van der Waals surface area contributed by atoms with Gasteiger partial charge in [-0.15, -0.1) is 11.3 Å². The van der Waals surface area contributed by atoms with Gasteiger partial charge >= 0.3 is 0 Å². The number of hydrogen-bond donors (Lipinski definition) is 4. The second kappa shape index (κ2) is 9.79. The van der Waals surface area contributed by atoms with Gasteiger partial charge in [-0.2, -0.15) is 5.10 Å². The number of nitrogens with zero attached hydrogens (tertiary/aromatic N) is 4. The first-order valence-electron chi connectivity index (χ1n) is 12.5. The molecule has 0 aliphatic heterocycles. The van der Waals surface area contributed by atoms with E-state index in [9.17, 15) is 5.11 Å². The Morgan fingerprint density at radius 3 is 2.72 bits per heavy atom. The molecule has 7 rings (SSSR count). The maximum Gasteiger partial charge on any atom is 0.159 e. The smallest absolute Gasteiger partial charge is 0.159 e. The number of aliphatic hydroxyl groups is 1. The summed E-state index contributed by atoms with van der Waals surface area (Å²) < 4.78 is 0. The van der Waals surface area contributed by atoms with Gasteiger partial charge in [-0.05, 0) is 35.2 Å². The predicted octanol–water partition coefficient (Wildman–Crippen LogP) is 6.26. The van der Waals surface area contributed by atoms with Crippen LogP contribution < -0.4 is 5.32 Å². The number of pyridine rings is 2. The van der Waals surface area contributed by atoms with E-state index < -0.39 is 6.23 Å². The van der Waals surface area contributed by atoms with Crippen molar-refractivity contribution in [2.75, 3.05) is 5.32 Å². The van der Waals surface area contributed by atoms with Crippen LogP contribution in [-0.4, -0.2) is 41.5 Å². The van der Waals surface area contributed by atoms with Crippen LogP contribution in [0, 0.1) is 0 Å². The minimum Gasteiger partial charge on any atom is -0.373 e. The van der Waals surface area contributed by atoms with Gasteiger partial charge in [0.15, 0.2) is 5.82 Å². The van der Waals surface area contributed by atoms with Crippen LogP contribution >= 0.6 is 11.3 Å². The molecule has 190 valence electrons. The zero-order chi connectivity index (χ0) is 26.2. The molecule has 0 saturated carbocycles. The molecule has 0 aliphatic rings.